The molecular formula is C10H13N3O5. The predicted octanol–water partition coefficient (Wildman–Crippen LogP) is 1.38. The zero-order valence-electron chi connectivity index (χ0n) is 9.83. The molecule has 0 spiro atoms. The van der Waals surface area contributed by atoms with Gasteiger partial charge in [0.15, 0.2) is 0 Å². The van der Waals surface area contributed by atoms with Gasteiger partial charge in [-0.3, -0.25) is 4.79 Å². The number of unbranched alkanes of at least 4 members (excludes halogenated alkanes) is 1. The summed E-state index contributed by atoms with van der Waals surface area (Å²) in [6.07, 6.45) is 1.82. The number of carbonyl (C=O) groups is 2. The minimum atomic E-state index is -0.924. The normalized spacial score (nSPS) is 10.3. The topological polar surface area (TPSA) is 115 Å². The summed E-state index contributed by atoms with van der Waals surface area (Å²) in [5.74, 6) is -1.48. The van der Waals surface area contributed by atoms with Crippen molar-refractivity contribution >= 4 is 17.7 Å². The predicted molar refractivity (Wildman–Crippen MR) is 60.3 cm³/mol. The lowest BCUT2D eigenvalue weighted by Crippen LogP contribution is -2.14. The van der Waals surface area contributed by atoms with Crippen molar-refractivity contribution in [1.29, 1.82) is 0 Å². The average Bonchev–Trinajstić information content (AvgIpc) is 2.66. The van der Waals surface area contributed by atoms with Crippen LogP contribution in [0.15, 0.2) is 6.20 Å². The Morgan fingerprint density at radius 2 is 2.06 bits per heavy atom. The molecule has 0 aliphatic rings. The van der Waals surface area contributed by atoms with Crippen molar-refractivity contribution in [3.05, 3.63) is 22.1 Å². The number of hydrogen-bond donors (Lipinski definition) is 1. The molecule has 0 bridgehead atoms. The van der Waals surface area contributed by atoms with Crippen LogP contribution in [-0.2, 0) is 4.79 Å². The molecule has 0 saturated carbocycles. The first kappa shape index (κ1) is 13.8. The number of rotatable bonds is 6. The van der Waals surface area contributed by atoms with Gasteiger partial charge in [-0.25, -0.2) is 9.78 Å². The van der Waals surface area contributed by atoms with Crippen LogP contribution < -0.4 is 0 Å². The molecule has 0 radical (unpaired) electrons. The zero-order chi connectivity index (χ0) is 13.7. The van der Waals surface area contributed by atoms with Crippen LogP contribution in [0.25, 0.3) is 0 Å². The van der Waals surface area contributed by atoms with E-state index in [0.717, 1.165) is 10.8 Å². The summed E-state index contributed by atoms with van der Waals surface area (Å²) in [5.41, 5.74) is 0. The van der Waals surface area contributed by atoms with Gasteiger partial charge in [0.25, 0.3) is 0 Å². The molecule has 0 fully saturated rings. The molecule has 98 valence electrons. The van der Waals surface area contributed by atoms with E-state index in [4.69, 9.17) is 5.11 Å². The lowest BCUT2D eigenvalue weighted by Gasteiger charge is -2.00. The second-order valence-corrected chi connectivity index (χ2v) is 3.75. The van der Waals surface area contributed by atoms with E-state index in [1.165, 1.54) is 6.92 Å². The lowest BCUT2D eigenvalue weighted by atomic mass is 10.2. The summed E-state index contributed by atoms with van der Waals surface area (Å²) in [7, 11) is 0. The van der Waals surface area contributed by atoms with Gasteiger partial charge in [-0.05, 0) is 17.8 Å². The monoisotopic (exact) mass is 255 g/mol. The maximum Gasteiger partial charge on any atom is 0.350 e. The van der Waals surface area contributed by atoms with E-state index in [2.05, 4.69) is 4.98 Å². The second-order valence-electron chi connectivity index (χ2n) is 3.75. The first-order chi connectivity index (χ1) is 8.43. The Morgan fingerprint density at radius 3 is 2.61 bits per heavy atom. The van der Waals surface area contributed by atoms with Gasteiger partial charge in [-0.2, -0.15) is 0 Å². The van der Waals surface area contributed by atoms with E-state index < -0.39 is 16.8 Å². The lowest BCUT2D eigenvalue weighted by molar-refractivity contribution is -0.390. The number of aryl methyl sites for hydroxylation is 1. The molecule has 0 atom stereocenters. The first-order valence-corrected chi connectivity index (χ1v) is 5.37. The standard InChI is InChI=1S/C10H13N3O5/c1-7-11-6-8(13(17)18)12(7)9(14)4-2-3-5-10(15)16/h6H,2-5H2,1H3,(H,15,16). The Morgan fingerprint density at radius 1 is 1.44 bits per heavy atom. The highest BCUT2D eigenvalue weighted by Gasteiger charge is 2.23. The highest BCUT2D eigenvalue weighted by atomic mass is 16.6. The molecule has 0 aromatic carbocycles. The Kier molecular flexibility index (Phi) is 4.52. The molecule has 18 heavy (non-hydrogen) atoms. The van der Waals surface area contributed by atoms with Crippen molar-refractivity contribution in [2.24, 2.45) is 0 Å². The molecule has 0 saturated heterocycles. The quantitative estimate of drug-likeness (QED) is 0.466. The van der Waals surface area contributed by atoms with E-state index >= 15 is 0 Å². The maximum absolute atomic E-state index is 11.8. The molecule has 0 aliphatic heterocycles. The number of imidazole rings is 1. The van der Waals surface area contributed by atoms with E-state index in [0.29, 0.717) is 12.8 Å². The van der Waals surface area contributed by atoms with Crippen molar-refractivity contribution in [3.8, 4) is 0 Å². The third kappa shape index (κ3) is 3.37. The number of carboxylic acid groups (broad SMARTS) is 1. The van der Waals surface area contributed by atoms with Crippen molar-refractivity contribution in [1.82, 2.24) is 9.55 Å². The number of hydrogen-bond acceptors (Lipinski definition) is 5. The van der Waals surface area contributed by atoms with Crippen LogP contribution in [0.5, 0.6) is 0 Å². The van der Waals surface area contributed by atoms with Crippen molar-refractivity contribution in [2.75, 3.05) is 0 Å². The minimum absolute atomic E-state index is 0.0156. The minimum Gasteiger partial charge on any atom is -0.481 e. The number of carbonyl (C=O) groups excluding carboxylic acids is 1. The zero-order valence-corrected chi connectivity index (χ0v) is 9.83. The van der Waals surface area contributed by atoms with Gasteiger partial charge in [0.05, 0.1) is 6.42 Å². The molecular weight excluding hydrogens is 242 g/mol. The summed E-state index contributed by atoms with van der Waals surface area (Å²) in [4.78, 5) is 35.8. The largest absolute Gasteiger partial charge is 0.481 e. The van der Waals surface area contributed by atoms with E-state index in [-0.39, 0.29) is 24.5 Å². The van der Waals surface area contributed by atoms with Crippen molar-refractivity contribution in [3.63, 3.8) is 0 Å². The van der Waals surface area contributed by atoms with Gasteiger partial charge in [-0.1, -0.05) is 0 Å². The first-order valence-electron chi connectivity index (χ1n) is 5.37. The number of carboxylic acids is 1. The fourth-order valence-corrected chi connectivity index (χ4v) is 1.53. The third-order valence-corrected chi connectivity index (χ3v) is 2.39. The summed E-state index contributed by atoms with van der Waals surface area (Å²) < 4.78 is 0.945. The van der Waals surface area contributed by atoms with Gasteiger partial charge in [0, 0.05) is 13.3 Å². The Balaban J connectivity index is 2.64. The van der Waals surface area contributed by atoms with Crippen LogP contribution in [0, 0.1) is 17.0 Å². The summed E-state index contributed by atoms with van der Waals surface area (Å²) in [6, 6.07) is 0. The van der Waals surface area contributed by atoms with Crippen LogP contribution >= 0.6 is 0 Å². The number of nitro groups is 1. The van der Waals surface area contributed by atoms with Gasteiger partial charge >= 0.3 is 17.7 Å². The molecule has 1 aromatic rings. The maximum atomic E-state index is 11.8. The number of aromatic nitrogens is 2. The third-order valence-electron chi connectivity index (χ3n) is 2.39. The molecule has 1 N–H and O–H groups in total. The fraction of sp³-hybridized carbons (Fsp3) is 0.500. The molecule has 0 amide bonds. The molecule has 0 unspecified atom stereocenters. The van der Waals surface area contributed by atoms with E-state index in [1.54, 1.807) is 0 Å². The van der Waals surface area contributed by atoms with Crippen LogP contribution in [-0.4, -0.2) is 31.5 Å². The van der Waals surface area contributed by atoms with E-state index in [9.17, 15) is 19.7 Å². The Hall–Kier alpha value is -2.25. The van der Waals surface area contributed by atoms with Crippen LogP contribution in [0.2, 0.25) is 0 Å². The summed E-state index contributed by atoms with van der Waals surface area (Å²) >= 11 is 0. The average molecular weight is 255 g/mol. The highest BCUT2D eigenvalue weighted by molar-refractivity contribution is 5.81. The molecule has 8 nitrogen and oxygen atoms in total. The fourth-order valence-electron chi connectivity index (χ4n) is 1.53. The summed E-state index contributed by atoms with van der Waals surface area (Å²) in [6.45, 7) is 1.50. The van der Waals surface area contributed by atoms with Gasteiger partial charge in [0.2, 0.25) is 5.82 Å². The Labute approximate surface area is 102 Å². The summed E-state index contributed by atoms with van der Waals surface area (Å²) in [5, 5.41) is 19.1. The van der Waals surface area contributed by atoms with Crippen molar-refractivity contribution < 1.29 is 19.6 Å². The smallest absolute Gasteiger partial charge is 0.350 e. The number of nitrogens with zero attached hydrogens (tertiary/aromatic N) is 3. The van der Waals surface area contributed by atoms with Crippen LogP contribution in [0.4, 0.5) is 5.82 Å². The second kappa shape index (κ2) is 5.89. The Bertz CT molecular complexity index is 480. The van der Waals surface area contributed by atoms with Gasteiger partial charge in [0.1, 0.15) is 6.20 Å². The molecule has 1 aromatic heterocycles. The highest BCUT2D eigenvalue weighted by Crippen LogP contribution is 2.15. The van der Waals surface area contributed by atoms with E-state index in [1.807, 2.05) is 0 Å². The van der Waals surface area contributed by atoms with Crippen LogP contribution in [0.1, 0.15) is 36.3 Å². The molecule has 1 heterocycles. The SMILES string of the molecule is Cc1ncc([N+](=O)[O-])n1C(=O)CCCCC(=O)O. The van der Waals surface area contributed by atoms with Gasteiger partial charge in [-0.15, -0.1) is 4.57 Å². The molecule has 1 rings (SSSR count). The van der Waals surface area contributed by atoms with Crippen LogP contribution in [0.3, 0.4) is 0 Å². The van der Waals surface area contributed by atoms with Gasteiger partial charge < -0.3 is 15.2 Å². The van der Waals surface area contributed by atoms with Crippen molar-refractivity contribution in [2.45, 2.75) is 32.6 Å². The molecule has 8 heteroatoms. The number of aliphatic carboxylic acids is 1. The molecule has 0 aliphatic carbocycles.